The van der Waals surface area contributed by atoms with Crippen molar-refractivity contribution in [3.05, 3.63) is 65.2 Å². The maximum absolute atomic E-state index is 10.4. The van der Waals surface area contributed by atoms with Gasteiger partial charge in [0.15, 0.2) is 0 Å². The zero-order chi connectivity index (χ0) is 16.9. The number of carbonyl (C=O) groups excluding carboxylic acids is 2. The van der Waals surface area contributed by atoms with Gasteiger partial charge in [0.2, 0.25) is 0 Å². The number of carboxylic acids is 2. The third kappa shape index (κ3) is 6.40. The van der Waals surface area contributed by atoms with Crippen molar-refractivity contribution in [2.75, 3.05) is 0 Å². The van der Waals surface area contributed by atoms with E-state index in [1.54, 1.807) is 0 Å². The summed E-state index contributed by atoms with van der Waals surface area (Å²) in [5.74, 6) is -3.18. The molecule has 0 fully saturated rings. The molecule has 0 aromatic carbocycles. The fraction of sp³-hybridized carbons (Fsp3) is 0. The average Bonchev–Trinajstić information content (AvgIpc) is 2.37. The Balaban J connectivity index is 0.000000403. The van der Waals surface area contributed by atoms with Gasteiger partial charge in [0, 0.05) is 12.1 Å². The van der Waals surface area contributed by atoms with E-state index in [1.807, 2.05) is 19.9 Å². The summed E-state index contributed by atoms with van der Waals surface area (Å²) >= 11 is 0. The predicted molar refractivity (Wildman–Crippen MR) is 64.0 cm³/mol. The molecule has 13 heteroatoms. The standard InChI is InChI=1S/2C5H4N2O4.Co/c2*8-3-1-2(4(9)10)6-5(11)7-3;/h2*1H,(H,9,10)(H2,6,7,8,11);/q;;+2/p-2. The first-order valence-electron chi connectivity index (χ1n) is 5.29. The van der Waals surface area contributed by atoms with Crippen LogP contribution in [0.2, 0.25) is 0 Å². The van der Waals surface area contributed by atoms with Gasteiger partial charge < -0.3 is 29.8 Å². The van der Waals surface area contributed by atoms with E-state index in [4.69, 9.17) is 0 Å². The van der Waals surface area contributed by atoms with Crippen LogP contribution in [0.25, 0.3) is 0 Å². The summed E-state index contributed by atoms with van der Waals surface area (Å²) in [5.41, 5.74) is -4.33. The van der Waals surface area contributed by atoms with Crippen LogP contribution < -0.4 is 32.7 Å². The third-order valence-electron chi connectivity index (χ3n) is 1.96. The van der Waals surface area contributed by atoms with Gasteiger partial charge in [-0.3, -0.25) is 19.6 Å². The molecule has 0 saturated heterocycles. The van der Waals surface area contributed by atoms with Crippen molar-refractivity contribution in [1.29, 1.82) is 0 Å². The number of aromatic nitrogens is 4. The number of carbonyl (C=O) groups is 2. The van der Waals surface area contributed by atoms with Crippen molar-refractivity contribution in [1.82, 2.24) is 19.9 Å². The molecule has 0 saturated carbocycles. The molecular formula is C10H6CoN4O8. The third-order valence-corrected chi connectivity index (χ3v) is 1.96. The molecule has 0 aliphatic carbocycles. The second-order valence-corrected chi connectivity index (χ2v) is 3.58. The predicted octanol–water partition coefficient (Wildman–Crippen LogP) is -5.15. The van der Waals surface area contributed by atoms with Crippen LogP contribution in [0.5, 0.6) is 0 Å². The van der Waals surface area contributed by atoms with E-state index in [1.165, 1.54) is 0 Å². The number of rotatable bonds is 2. The smallest absolute Gasteiger partial charge is 0.543 e. The molecule has 0 atom stereocenters. The van der Waals surface area contributed by atoms with Gasteiger partial charge in [-0.15, -0.1) is 0 Å². The number of nitrogens with one attached hydrogen (secondary N) is 4. The van der Waals surface area contributed by atoms with Gasteiger partial charge in [-0.05, 0) is 0 Å². The second-order valence-electron chi connectivity index (χ2n) is 3.58. The van der Waals surface area contributed by atoms with Gasteiger partial charge in [-0.1, -0.05) is 0 Å². The Hall–Kier alpha value is -3.19. The minimum atomic E-state index is -1.59. The fourth-order valence-electron chi connectivity index (χ4n) is 1.16. The van der Waals surface area contributed by atoms with Crippen molar-refractivity contribution in [2.24, 2.45) is 0 Å². The molecule has 0 spiro atoms. The average molecular weight is 369 g/mol. The number of carboxylic acid groups (broad SMARTS) is 2. The Morgan fingerprint density at radius 2 is 1.00 bits per heavy atom. The molecule has 0 aliphatic heterocycles. The molecule has 2 aromatic heterocycles. The topological polar surface area (TPSA) is 212 Å². The number of H-pyrrole nitrogens is 4. The number of aromatic carboxylic acids is 2. The SMILES string of the molecule is O=C([O-])c1cc(=O)[nH]c(=O)[nH]1.O=C([O-])c1cc(=O)[nH]c(=O)[nH]1.[Co+2]. The van der Waals surface area contributed by atoms with Gasteiger partial charge in [0.25, 0.3) is 11.1 Å². The molecule has 2 heterocycles. The van der Waals surface area contributed by atoms with Gasteiger partial charge in [-0.2, -0.15) is 0 Å². The van der Waals surface area contributed by atoms with E-state index in [-0.39, 0.29) is 16.8 Å². The van der Waals surface area contributed by atoms with Gasteiger partial charge in [0.05, 0.1) is 23.3 Å². The van der Waals surface area contributed by atoms with Crippen molar-refractivity contribution >= 4 is 11.9 Å². The summed E-state index contributed by atoms with van der Waals surface area (Å²) in [6.07, 6.45) is 0. The van der Waals surface area contributed by atoms with Crippen molar-refractivity contribution in [3.63, 3.8) is 0 Å². The molecule has 1 radical (unpaired) electrons. The molecule has 0 amide bonds. The number of hydrogen-bond acceptors (Lipinski definition) is 8. The summed E-state index contributed by atoms with van der Waals surface area (Å²) in [5, 5.41) is 20.1. The van der Waals surface area contributed by atoms with Crippen LogP contribution in [-0.2, 0) is 16.8 Å². The molecule has 2 aromatic rings. The first kappa shape index (κ1) is 19.8. The van der Waals surface area contributed by atoms with Crippen LogP contribution in [0.1, 0.15) is 21.0 Å². The molecular weight excluding hydrogens is 363 g/mol. The van der Waals surface area contributed by atoms with E-state index in [0.29, 0.717) is 0 Å². The first-order chi connectivity index (χ1) is 10.2. The summed E-state index contributed by atoms with van der Waals surface area (Å²) in [6, 6.07) is 1.47. The number of hydrogen-bond donors (Lipinski definition) is 4. The van der Waals surface area contributed by atoms with E-state index < -0.39 is 45.8 Å². The second kappa shape index (κ2) is 8.30. The van der Waals surface area contributed by atoms with Crippen molar-refractivity contribution in [2.45, 2.75) is 0 Å². The molecule has 0 unspecified atom stereocenters. The molecule has 4 N–H and O–H groups in total. The zero-order valence-corrected chi connectivity index (χ0v) is 11.8. The quantitative estimate of drug-likeness (QED) is 0.401. The minimum Gasteiger partial charge on any atom is -0.543 e. The molecule has 123 valence electrons. The maximum Gasteiger partial charge on any atom is 2.00 e. The monoisotopic (exact) mass is 369 g/mol. The van der Waals surface area contributed by atoms with Crippen LogP contribution in [0.15, 0.2) is 31.3 Å². The van der Waals surface area contributed by atoms with Crippen LogP contribution >= 0.6 is 0 Å². The van der Waals surface area contributed by atoms with Crippen molar-refractivity contribution < 1.29 is 36.6 Å². The summed E-state index contributed by atoms with van der Waals surface area (Å²) in [4.78, 5) is 69.2. The molecule has 0 bridgehead atoms. The van der Waals surface area contributed by atoms with Gasteiger partial charge in [0.1, 0.15) is 0 Å². The van der Waals surface area contributed by atoms with E-state index >= 15 is 0 Å². The Kier molecular flexibility index (Phi) is 7.15. The van der Waals surface area contributed by atoms with E-state index in [0.717, 1.165) is 12.1 Å². The van der Waals surface area contributed by atoms with Gasteiger partial charge >= 0.3 is 28.2 Å². The molecule has 12 nitrogen and oxygen atoms in total. The normalized spacial score (nSPS) is 9.04. The van der Waals surface area contributed by atoms with Gasteiger partial charge in [-0.25, -0.2) is 9.59 Å². The van der Waals surface area contributed by atoms with E-state index in [9.17, 15) is 39.0 Å². The Morgan fingerprint density at radius 1 is 0.696 bits per heavy atom. The number of aromatic amines is 4. The minimum absolute atomic E-state index is 0. The van der Waals surface area contributed by atoms with Crippen LogP contribution in [0.4, 0.5) is 0 Å². The van der Waals surface area contributed by atoms with Crippen LogP contribution in [-0.4, -0.2) is 31.9 Å². The van der Waals surface area contributed by atoms with E-state index in [2.05, 4.69) is 0 Å². The molecule has 2 rings (SSSR count). The van der Waals surface area contributed by atoms with Crippen molar-refractivity contribution in [3.8, 4) is 0 Å². The zero-order valence-electron chi connectivity index (χ0n) is 10.8. The summed E-state index contributed by atoms with van der Waals surface area (Å²) < 4.78 is 0. The Labute approximate surface area is 134 Å². The maximum atomic E-state index is 10.4. The summed E-state index contributed by atoms with van der Waals surface area (Å²) in [6.45, 7) is 0. The Morgan fingerprint density at radius 3 is 1.22 bits per heavy atom. The summed E-state index contributed by atoms with van der Waals surface area (Å²) in [7, 11) is 0. The largest absolute Gasteiger partial charge is 2.00 e. The molecule has 23 heavy (non-hydrogen) atoms. The fourth-order valence-corrected chi connectivity index (χ4v) is 1.16. The van der Waals surface area contributed by atoms with Crippen LogP contribution in [0, 0.1) is 0 Å². The molecule has 0 aliphatic rings. The Bertz CT molecular complexity index is 803. The van der Waals surface area contributed by atoms with Crippen LogP contribution in [0.3, 0.4) is 0 Å². The first-order valence-corrected chi connectivity index (χ1v) is 5.29.